The lowest BCUT2D eigenvalue weighted by Crippen LogP contribution is -2.37. The van der Waals surface area contributed by atoms with Crippen LogP contribution >= 0.6 is 0 Å². The maximum absolute atomic E-state index is 11.1. The highest BCUT2D eigenvalue weighted by Gasteiger charge is 2.26. The van der Waals surface area contributed by atoms with Crippen LogP contribution < -0.4 is 14.8 Å². The topological polar surface area (TPSA) is 74.6 Å². The highest BCUT2D eigenvalue weighted by molar-refractivity contribution is 5.78. The van der Waals surface area contributed by atoms with Crippen LogP contribution in [0.4, 0.5) is 0 Å². The van der Waals surface area contributed by atoms with E-state index in [1.54, 1.807) is 0 Å². The number of imidazole rings is 1. The lowest BCUT2D eigenvalue weighted by atomic mass is 9.95. The van der Waals surface area contributed by atoms with Crippen molar-refractivity contribution in [1.82, 2.24) is 14.9 Å². The molecule has 4 rings (SSSR count). The summed E-state index contributed by atoms with van der Waals surface area (Å²) >= 11 is 0. The minimum atomic E-state index is -0.0214. The van der Waals surface area contributed by atoms with E-state index in [1.807, 2.05) is 30.7 Å². The molecule has 2 saturated carbocycles. The molecule has 1 amide bonds. The first kappa shape index (κ1) is 20.0. The second-order valence-electron chi connectivity index (χ2n) is 8.37. The summed E-state index contributed by atoms with van der Waals surface area (Å²) in [4.78, 5) is 15.7. The summed E-state index contributed by atoms with van der Waals surface area (Å²) in [6, 6.07) is 6.74. The molecule has 29 heavy (non-hydrogen) atoms. The smallest absolute Gasteiger partial charge is 0.297 e. The minimum Gasteiger partial charge on any atom is -0.490 e. The molecule has 2 aromatic rings. The van der Waals surface area contributed by atoms with Gasteiger partial charge < -0.3 is 19.5 Å². The summed E-state index contributed by atoms with van der Waals surface area (Å²) in [6.45, 7) is 4.04. The monoisotopic (exact) mass is 401 g/mol. The van der Waals surface area contributed by atoms with Gasteiger partial charge in [-0.2, -0.15) is 4.98 Å². The maximum atomic E-state index is 11.1. The molecule has 1 heterocycles. The standard InChI is InChI=1S/C22H31N3O4/c1-14(23-15(2)26)13-27-16-4-6-18(7-5-16)29-22-24-20-11-10-19(28-17-8-9-17)12-21(20)25(22)3/h10-12,14,16-18H,4-9,13H2,1-3H3,(H,23,26)/t14-,16?,18?/m0/s1. The van der Waals surface area contributed by atoms with Crippen molar-refractivity contribution in [2.45, 2.75) is 76.7 Å². The van der Waals surface area contributed by atoms with E-state index in [4.69, 9.17) is 14.2 Å². The Labute approximate surface area is 171 Å². The zero-order valence-corrected chi connectivity index (χ0v) is 17.5. The molecule has 1 N–H and O–H groups in total. The fourth-order valence-corrected chi connectivity index (χ4v) is 3.84. The fraction of sp³-hybridized carbons (Fsp3) is 0.636. The SMILES string of the molecule is CC(=O)N[C@@H](C)COC1CCC(Oc2nc3ccc(OC4CC4)cc3n2C)CC1. The summed E-state index contributed by atoms with van der Waals surface area (Å²) in [6.07, 6.45) is 6.87. The molecule has 1 aromatic carbocycles. The molecule has 0 spiro atoms. The minimum absolute atomic E-state index is 0.0214. The van der Waals surface area contributed by atoms with Gasteiger partial charge in [0.2, 0.25) is 5.91 Å². The summed E-state index contributed by atoms with van der Waals surface area (Å²) < 4.78 is 20.1. The Morgan fingerprint density at radius 3 is 2.48 bits per heavy atom. The predicted octanol–water partition coefficient (Wildman–Crippen LogP) is 3.35. The third kappa shape index (κ3) is 5.21. The first-order valence-corrected chi connectivity index (χ1v) is 10.7. The van der Waals surface area contributed by atoms with Crippen LogP contribution in [0.2, 0.25) is 0 Å². The van der Waals surface area contributed by atoms with Crippen molar-refractivity contribution in [2.24, 2.45) is 7.05 Å². The molecule has 7 nitrogen and oxygen atoms in total. The van der Waals surface area contributed by atoms with Crippen molar-refractivity contribution in [1.29, 1.82) is 0 Å². The number of benzene rings is 1. The van der Waals surface area contributed by atoms with Crippen LogP contribution in [-0.2, 0) is 16.6 Å². The van der Waals surface area contributed by atoms with Crippen LogP contribution in [0.5, 0.6) is 11.8 Å². The Kier molecular flexibility index (Phi) is 5.94. The quantitative estimate of drug-likeness (QED) is 0.734. The molecule has 1 atom stereocenters. The van der Waals surface area contributed by atoms with Gasteiger partial charge in [-0.3, -0.25) is 9.36 Å². The molecular weight excluding hydrogens is 370 g/mol. The third-order valence-electron chi connectivity index (χ3n) is 5.56. The van der Waals surface area contributed by atoms with Gasteiger partial charge in [0, 0.05) is 26.1 Å². The Hall–Kier alpha value is -2.28. The highest BCUT2D eigenvalue weighted by atomic mass is 16.5. The Morgan fingerprint density at radius 1 is 1.14 bits per heavy atom. The van der Waals surface area contributed by atoms with Crippen LogP contribution in [0.3, 0.4) is 0 Å². The van der Waals surface area contributed by atoms with E-state index in [1.165, 1.54) is 6.92 Å². The molecule has 7 heteroatoms. The molecule has 0 aliphatic heterocycles. The highest BCUT2D eigenvalue weighted by Crippen LogP contribution is 2.31. The van der Waals surface area contributed by atoms with Gasteiger partial charge in [0.1, 0.15) is 11.9 Å². The number of hydrogen-bond donors (Lipinski definition) is 1. The first-order chi connectivity index (χ1) is 14.0. The summed E-state index contributed by atoms with van der Waals surface area (Å²) in [5.74, 6) is 0.882. The summed E-state index contributed by atoms with van der Waals surface area (Å²) in [5.41, 5.74) is 1.96. The van der Waals surface area contributed by atoms with Gasteiger partial charge in [0.05, 0.1) is 29.8 Å². The molecule has 2 aliphatic carbocycles. The molecule has 0 radical (unpaired) electrons. The number of nitrogens with zero attached hydrogens (tertiary/aromatic N) is 2. The van der Waals surface area contributed by atoms with Crippen molar-refractivity contribution >= 4 is 16.9 Å². The number of nitrogens with one attached hydrogen (secondary N) is 1. The first-order valence-electron chi connectivity index (χ1n) is 10.7. The Balaban J connectivity index is 1.29. The largest absolute Gasteiger partial charge is 0.490 e. The number of ether oxygens (including phenoxy) is 3. The third-order valence-corrected chi connectivity index (χ3v) is 5.56. The molecular formula is C22H31N3O4. The van der Waals surface area contributed by atoms with E-state index in [0.717, 1.165) is 55.3 Å². The number of aromatic nitrogens is 2. The number of carbonyl (C=O) groups is 1. The van der Waals surface area contributed by atoms with E-state index in [9.17, 15) is 4.79 Å². The van der Waals surface area contributed by atoms with Crippen molar-refractivity contribution in [3.8, 4) is 11.8 Å². The van der Waals surface area contributed by atoms with E-state index >= 15 is 0 Å². The van der Waals surface area contributed by atoms with Gasteiger partial charge in [-0.05, 0) is 57.6 Å². The second kappa shape index (κ2) is 8.61. The van der Waals surface area contributed by atoms with Gasteiger partial charge in [-0.1, -0.05) is 0 Å². The van der Waals surface area contributed by atoms with Crippen LogP contribution in [0.15, 0.2) is 18.2 Å². The lowest BCUT2D eigenvalue weighted by molar-refractivity contribution is -0.120. The summed E-state index contributed by atoms with van der Waals surface area (Å²) in [7, 11) is 1.99. The molecule has 0 bridgehead atoms. The average molecular weight is 402 g/mol. The van der Waals surface area contributed by atoms with E-state index < -0.39 is 0 Å². The number of carbonyl (C=O) groups excluding carboxylic acids is 1. The number of rotatable bonds is 8. The van der Waals surface area contributed by atoms with Gasteiger partial charge >= 0.3 is 0 Å². The average Bonchev–Trinajstić information content (AvgIpc) is 3.45. The van der Waals surface area contributed by atoms with E-state index in [-0.39, 0.29) is 24.2 Å². The zero-order valence-electron chi connectivity index (χ0n) is 17.5. The number of hydrogen-bond acceptors (Lipinski definition) is 5. The molecule has 1 aromatic heterocycles. The number of amides is 1. The maximum Gasteiger partial charge on any atom is 0.297 e. The van der Waals surface area contributed by atoms with Gasteiger partial charge in [0.15, 0.2) is 0 Å². The molecule has 2 aliphatic rings. The number of aryl methyl sites for hydroxylation is 1. The molecule has 0 saturated heterocycles. The van der Waals surface area contributed by atoms with Crippen LogP contribution in [-0.4, -0.2) is 46.4 Å². The predicted molar refractivity (Wildman–Crippen MR) is 110 cm³/mol. The second-order valence-corrected chi connectivity index (χ2v) is 8.37. The lowest BCUT2D eigenvalue weighted by Gasteiger charge is -2.29. The Morgan fingerprint density at radius 2 is 1.79 bits per heavy atom. The normalized spacial score (nSPS) is 23.0. The summed E-state index contributed by atoms with van der Waals surface area (Å²) in [5, 5.41) is 2.85. The molecule has 2 fully saturated rings. The van der Waals surface area contributed by atoms with Crippen LogP contribution in [0.25, 0.3) is 11.0 Å². The number of fused-ring (bicyclic) bond motifs is 1. The van der Waals surface area contributed by atoms with Gasteiger partial charge in [-0.15, -0.1) is 0 Å². The van der Waals surface area contributed by atoms with Crippen molar-refractivity contribution in [2.75, 3.05) is 6.61 Å². The van der Waals surface area contributed by atoms with E-state index in [2.05, 4.69) is 16.4 Å². The van der Waals surface area contributed by atoms with Crippen molar-refractivity contribution in [3.05, 3.63) is 18.2 Å². The van der Waals surface area contributed by atoms with Crippen molar-refractivity contribution < 1.29 is 19.0 Å². The van der Waals surface area contributed by atoms with Crippen LogP contribution in [0.1, 0.15) is 52.4 Å². The van der Waals surface area contributed by atoms with Crippen LogP contribution in [0, 0.1) is 0 Å². The molecule has 158 valence electrons. The Bertz CT molecular complexity index is 853. The van der Waals surface area contributed by atoms with Crippen molar-refractivity contribution in [3.63, 3.8) is 0 Å². The molecule has 0 unspecified atom stereocenters. The van der Waals surface area contributed by atoms with E-state index in [0.29, 0.717) is 18.7 Å². The zero-order chi connectivity index (χ0) is 20.4. The van der Waals surface area contributed by atoms with Gasteiger partial charge in [0.25, 0.3) is 6.01 Å². The fourth-order valence-electron chi connectivity index (χ4n) is 3.84. The van der Waals surface area contributed by atoms with Gasteiger partial charge in [-0.25, -0.2) is 0 Å².